The van der Waals surface area contributed by atoms with E-state index in [0.29, 0.717) is 10.3 Å². The highest BCUT2D eigenvalue weighted by Crippen LogP contribution is 2.28. The average molecular weight is 317 g/mol. The van der Waals surface area contributed by atoms with E-state index in [1.165, 1.54) is 4.68 Å². The third kappa shape index (κ3) is 2.28. The van der Waals surface area contributed by atoms with E-state index >= 15 is 0 Å². The van der Waals surface area contributed by atoms with Gasteiger partial charge in [0.1, 0.15) is 11.6 Å². The smallest absolute Gasteiger partial charge is 0.153 e. The molecule has 0 radical (unpaired) electrons. The molecular formula is C11H11BrF2N4. The van der Waals surface area contributed by atoms with E-state index in [9.17, 15) is 8.78 Å². The summed E-state index contributed by atoms with van der Waals surface area (Å²) in [4.78, 5) is 0. The van der Waals surface area contributed by atoms with E-state index in [-0.39, 0.29) is 5.56 Å². The molecule has 1 unspecified atom stereocenters. The second-order valence-corrected chi connectivity index (χ2v) is 4.53. The summed E-state index contributed by atoms with van der Waals surface area (Å²) in [6.07, 6.45) is 0. The fraction of sp³-hybridized carbons (Fsp3) is 0.273. The van der Waals surface area contributed by atoms with Crippen molar-refractivity contribution in [1.29, 1.82) is 0 Å². The molecule has 18 heavy (non-hydrogen) atoms. The highest BCUT2D eigenvalue weighted by Gasteiger charge is 2.23. The lowest BCUT2D eigenvalue weighted by Crippen LogP contribution is -2.22. The number of hydrogen-bond acceptors (Lipinski definition) is 3. The molecule has 96 valence electrons. The van der Waals surface area contributed by atoms with Gasteiger partial charge in [-0.25, -0.2) is 13.5 Å². The number of aryl methyl sites for hydroxylation is 1. The summed E-state index contributed by atoms with van der Waals surface area (Å²) in [5, 5.41) is 10.6. The van der Waals surface area contributed by atoms with Gasteiger partial charge >= 0.3 is 0 Å². The van der Waals surface area contributed by atoms with Crippen LogP contribution in [0.3, 0.4) is 0 Å². The first-order valence-corrected chi connectivity index (χ1v) is 6.01. The van der Waals surface area contributed by atoms with Gasteiger partial charge < -0.3 is 5.32 Å². The summed E-state index contributed by atoms with van der Waals surface area (Å²) < 4.78 is 29.0. The Balaban J connectivity index is 2.55. The summed E-state index contributed by atoms with van der Waals surface area (Å²) >= 11 is 3.25. The van der Waals surface area contributed by atoms with Crippen LogP contribution in [0.4, 0.5) is 8.78 Å². The molecule has 0 bridgehead atoms. The molecule has 0 aliphatic rings. The Bertz CT molecular complexity index is 551. The van der Waals surface area contributed by atoms with Gasteiger partial charge in [-0.15, -0.1) is 5.10 Å². The molecule has 2 aromatic rings. The molecular weight excluding hydrogens is 306 g/mol. The number of halogens is 3. The Labute approximate surface area is 111 Å². The largest absolute Gasteiger partial charge is 0.308 e. The summed E-state index contributed by atoms with van der Waals surface area (Å²) in [7, 11) is 3.35. The molecule has 7 heteroatoms. The number of nitrogens with zero attached hydrogens (tertiary/aromatic N) is 3. The first kappa shape index (κ1) is 13.1. The van der Waals surface area contributed by atoms with Crippen molar-refractivity contribution in [3.05, 3.63) is 45.7 Å². The molecule has 0 saturated carbocycles. The maximum atomic E-state index is 13.8. The van der Waals surface area contributed by atoms with Crippen molar-refractivity contribution in [1.82, 2.24) is 20.3 Å². The lowest BCUT2D eigenvalue weighted by molar-refractivity contribution is 0.537. The van der Waals surface area contributed by atoms with E-state index in [4.69, 9.17) is 0 Å². The van der Waals surface area contributed by atoms with E-state index in [1.807, 2.05) is 0 Å². The summed E-state index contributed by atoms with van der Waals surface area (Å²) in [6.45, 7) is 0. The molecule has 0 amide bonds. The van der Waals surface area contributed by atoms with Gasteiger partial charge in [-0.05, 0) is 41.2 Å². The van der Waals surface area contributed by atoms with Gasteiger partial charge in [-0.2, -0.15) is 0 Å². The van der Waals surface area contributed by atoms with Crippen LogP contribution in [0.2, 0.25) is 0 Å². The van der Waals surface area contributed by atoms with Crippen LogP contribution in [0, 0.1) is 11.6 Å². The molecule has 0 spiro atoms. The standard InChI is InChI=1S/C11H11BrF2N4/c1-15-9(10-11(12)16-17-18(10)2)7-5-6(13)3-4-8(7)14/h3-5,9,15H,1-2H3. The van der Waals surface area contributed by atoms with Crippen LogP contribution >= 0.6 is 15.9 Å². The number of nitrogens with one attached hydrogen (secondary N) is 1. The second-order valence-electron chi connectivity index (χ2n) is 3.78. The lowest BCUT2D eigenvalue weighted by Gasteiger charge is -2.17. The molecule has 1 atom stereocenters. The lowest BCUT2D eigenvalue weighted by atomic mass is 10.0. The molecule has 0 aliphatic carbocycles. The molecule has 1 aromatic carbocycles. The second kappa shape index (κ2) is 5.11. The van der Waals surface area contributed by atoms with Gasteiger partial charge in [0.15, 0.2) is 4.60 Å². The number of aromatic nitrogens is 3. The van der Waals surface area contributed by atoms with Crippen LogP contribution in [-0.4, -0.2) is 22.0 Å². The van der Waals surface area contributed by atoms with Gasteiger partial charge in [-0.3, -0.25) is 0 Å². The van der Waals surface area contributed by atoms with E-state index in [0.717, 1.165) is 18.2 Å². The van der Waals surface area contributed by atoms with Crippen molar-refractivity contribution in [3.8, 4) is 0 Å². The quantitative estimate of drug-likeness (QED) is 0.943. The highest BCUT2D eigenvalue weighted by atomic mass is 79.9. The normalized spacial score (nSPS) is 12.7. The molecule has 0 aliphatic heterocycles. The summed E-state index contributed by atoms with van der Waals surface area (Å²) in [5.41, 5.74) is 0.839. The third-order valence-corrected chi connectivity index (χ3v) is 3.22. The number of hydrogen-bond donors (Lipinski definition) is 1. The minimum Gasteiger partial charge on any atom is -0.308 e. The molecule has 1 N–H and O–H groups in total. The Morgan fingerprint density at radius 2 is 2.11 bits per heavy atom. The summed E-state index contributed by atoms with van der Waals surface area (Å²) in [5.74, 6) is -0.971. The molecule has 1 heterocycles. The van der Waals surface area contributed by atoms with Gasteiger partial charge in [0.25, 0.3) is 0 Å². The topological polar surface area (TPSA) is 42.7 Å². The Hall–Kier alpha value is -1.34. The first-order valence-electron chi connectivity index (χ1n) is 5.22. The Kier molecular flexibility index (Phi) is 3.72. The molecule has 0 saturated heterocycles. The van der Waals surface area contributed by atoms with Crippen molar-refractivity contribution >= 4 is 15.9 Å². The van der Waals surface area contributed by atoms with E-state index in [1.54, 1.807) is 14.1 Å². The molecule has 0 fully saturated rings. The van der Waals surface area contributed by atoms with Gasteiger partial charge in [0.05, 0.1) is 11.7 Å². The molecule has 4 nitrogen and oxygen atoms in total. The molecule has 1 aromatic heterocycles. The predicted molar refractivity (Wildman–Crippen MR) is 66.0 cm³/mol. The monoisotopic (exact) mass is 316 g/mol. The minimum atomic E-state index is -0.532. The maximum Gasteiger partial charge on any atom is 0.153 e. The third-order valence-electron chi connectivity index (χ3n) is 2.66. The van der Waals surface area contributed by atoms with Crippen LogP contribution in [-0.2, 0) is 7.05 Å². The zero-order valence-electron chi connectivity index (χ0n) is 9.78. The van der Waals surface area contributed by atoms with E-state index in [2.05, 4.69) is 31.6 Å². The summed E-state index contributed by atoms with van der Waals surface area (Å²) in [6, 6.07) is 2.82. The minimum absolute atomic E-state index is 0.212. The zero-order valence-corrected chi connectivity index (χ0v) is 11.4. The van der Waals surface area contributed by atoms with E-state index < -0.39 is 17.7 Å². The van der Waals surface area contributed by atoms with Crippen LogP contribution in [0.1, 0.15) is 17.3 Å². The van der Waals surface area contributed by atoms with Crippen LogP contribution in [0.15, 0.2) is 22.8 Å². The van der Waals surface area contributed by atoms with Crippen molar-refractivity contribution < 1.29 is 8.78 Å². The first-order chi connectivity index (χ1) is 8.54. The SMILES string of the molecule is CNC(c1cc(F)ccc1F)c1c(Br)nnn1C. The fourth-order valence-corrected chi connectivity index (χ4v) is 2.38. The Morgan fingerprint density at radius 1 is 1.39 bits per heavy atom. The highest BCUT2D eigenvalue weighted by molar-refractivity contribution is 9.10. The van der Waals surface area contributed by atoms with Gasteiger partial charge in [-0.1, -0.05) is 5.21 Å². The van der Waals surface area contributed by atoms with Gasteiger partial charge in [0, 0.05) is 12.6 Å². The van der Waals surface area contributed by atoms with Crippen LogP contribution in [0.25, 0.3) is 0 Å². The fourth-order valence-electron chi connectivity index (χ4n) is 1.82. The van der Waals surface area contributed by atoms with Crippen molar-refractivity contribution in [2.75, 3.05) is 7.05 Å². The van der Waals surface area contributed by atoms with Gasteiger partial charge in [0.2, 0.25) is 0 Å². The number of benzene rings is 1. The maximum absolute atomic E-state index is 13.8. The van der Waals surface area contributed by atoms with Crippen molar-refractivity contribution in [3.63, 3.8) is 0 Å². The van der Waals surface area contributed by atoms with Crippen molar-refractivity contribution in [2.45, 2.75) is 6.04 Å². The van der Waals surface area contributed by atoms with Crippen molar-refractivity contribution in [2.24, 2.45) is 7.05 Å². The zero-order chi connectivity index (χ0) is 13.3. The number of rotatable bonds is 3. The Morgan fingerprint density at radius 3 is 2.67 bits per heavy atom. The van der Waals surface area contributed by atoms with Crippen LogP contribution < -0.4 is 5.32 Å². The predicted octanol–water partition coefficient (Wildman–Crippen LogP) is 2.16. The molecule has 2 rings (SSSR count). The van der Waals surface area contributed by atoms with Crippen LogP contribution in [0.5, 0.6) is 0 Å². The average Bonchev–Trinajstić information content (AvgIpc) is 2.66.